The fourth-order valence-electron chi connectivity index (χ4n) is 3.10. The van der Waals surface area contributed by atoms with Crippen LogP contribution in [0.15, 0.2) is 18.6 Å². The third-order valence-electron chi connectivity index (χ3n) is 4.71. The Kier molecular flexibility index (Phi) is 4.95. The number of hydrogen-bond acceptors (Lipinski definition) is 8. The number of fused-ring (bicyclic) bond motifs is 1. The van der Waals surface area contributed by atoms with E-state index in [1.165, 1.54) is 0 Å². The zero-order chi connectivity index (χ0) is 18.8. The Morgan fingerprint density at radius 2 is 1.89 bits per heavy atom. The molecular weight excluding hydrogens is 346 g/mol. The molecule has 0 bridgehead atoms. The number of nitrogens with zero attached hydrogens (tertiary/aromatic N) is 7. The van der Waals surface area contributed by atoms with E-state index in [0.29, 0.717) is 24.8 Å². The lowest BCUT2D eigenvalue weighted by Gasteiger charge is -2.27. The number of aliphatic hydroxyl groups is 1. The van der Waals surface area contributed by atoms with E-state index in [9.17, 15) is 5.11 Å². The van der Waals surface area contributed by atoms with E-state index in [2.05, 4.69) is 20.0 Å². The highest BCUT2D eigenvalue weighted by Crippen LogP contribution is 2.29. The zero-order valence-electron chi connectivity index (χ0n) is 15.5. The predicted molar refractivity (Wildman–Crippen MR) is 101 cm³/mol. The first-order chi connectivity index (χ1) is 13.2. The SMILES string of the molecule is CCc1ncc(-c2nc(N3CCOCC3)nc3c2cnn3C(C)CO)cn1. The van der Waals surface area contributed by atoms with Crippen LogP contribution in [0, 0.1) is 0 Å². The summed E-state index contributed by atoms with van der Waals surface area (Å²) >= 11 is 0. The standard InChI is InChI=1S/C18H23N7O2/c1-3-15-19-8-13(9-20-15)16-14-10-21-25(12(2)11-26)17(14)23-18(22-16)24-4-6-27-7-5-24/h8-10,12,26H,3-7,11H2,1-2H3. The van der Waals surface area contributed by atoms with Crippen LogP contribution in [0.3, 0.4) is 0 Å². The molecule has 1 saturated heterocycles. The number of anilines is 1. The van der Waals surface area contributed by atoms with E-state index < -0.39 is 0 Å². The maximum absolute atomic E-state index is 9.58. The van der Waals surface area contributed by atoms with E-state index >= 15 is 0 Å². The van der Waals surface area contributed by atoms with Gasteiger partial charge in [0.25, 0.3) is 0 Å². The highest BCUT2D eigenvalue weighted by atomic mass is 16.5. The van der Waals surface area contributed by atoms with Crippen molar-refractivity contribution in [3.05, 3.63) is 24.4 Å². The monoisotopic (exact) mass is 369 g/mol. The van der Waals surface area contributed by atoms with Crippen molar-refractivity contribution in [2.24, 2.45) is 0 Å². The van der Waals surface area contributed by atoms with Crippen LogP contribution in [0.1, 0.15) is 25.7 Å². The second kappa shape index (κ2) is 7.53. The molecule has 27 heavy (non-hydrogen) atoms. The molecule has 4 rings (SSSR count). The van der Waals surface area contributed by atoms with Gasteiger partial charge in [-0.05, 0) is 6.92 Å². The van der Waals surface area contributed by atoms with Gasteiger partial charge in [0.2, 0.25) is 5.95 Å². The molecule has 0 aromatic carbocycles. The Morgan fingerprint density at radius 3 is 2.56 bits per heavy atom. The van der Waals surface area contributed by atoms with Crippen molar-refractivity contribution in [2.75, 3.05) is 37.8 Å². The normalized spacial score (nSPS) is 16.0. The molecule has 0 spiro atoms. The lowest BCUT2D eigenvalue weighted by atomic mass is 10.2. The summed E-state index contributed by atoms with van der Waals surface area (Å²) in [6.45, 7) is 6.68. The maximum atomic E-state index is 9.58. The fraction of sp³-hybridized carbons (Fsp3) is 0.500. The van der Waals surface area contributed by atoms with Crippen molar-refractivity contribution in [3.8, 4) is 11.3 Å². The van der Waals surface area contributed by atoms with Gasteiger partial charge in [-0.2, -0.15) is 10.1 Å². The van der Waals surface area contributed by atoms with Gasteiger partial charge in [0.15, 0.2) is 5.65 Å². The van der Waals surface area contributed by atoms with Crippen LogP contribution >= 0.6 is 0 Å². The summed E-state index contributed by atoms with van der Waals surface area (Å²) in [4.78, 5) is 20.5. The van der Waals surface area contributed by atoms with Crippen molar-refractivity contribution in [2.45, 2.75) is 26.3 Å². The fourth-order valence-corrected chi connectivity index (χ4v) is 3.10. The van der Waals surface area contributed by atoms with E-state index in [0.717, 1.165) is 42.0 Å². The van der Waals surface area contributed by atoms with Crippen LogP contribution in [0.5, 0.6) is 0 Å². The zero-order valence-corrected chi connectivity index (χ0v) is 15.5. The van der Waals surface area contributed by atoms with Crippen molar-refractivity contribution >= 4 is 17.0 Å². The van der Waals surface area contributed by atoms with Crippen LogP contribution in [0.2, 0.25) is 0 Å². The first-order valence-electron chi connectivity index (χ1n) is 9.21. The minimum absolute atomic E-state index is 0.0166. The molecule has 1 N–H and O–H groups in total. The third-order valence-corrected chi connectivity index (χ3v) is 4.71. The summed E-state index contributed by atoms with van der Waals surface area (Å²) in [5.41, 5.74) is 2.27. The number of aryl methyl sites for hydroxylation is 1. The van der Waals surface area contributed by atoms with Crippen molar-refractivity contribution in [3.63, 3.8) is 0 Å². The Hall–Kier alpha value is -2.65. The van der Waals surface area contributed by atoms with Crippen LogP contribution in [-0.4, -0.2) is 67.7 Å². The smallest absolute Gasteiger partial charge is 0.228 e. The van der Waals surface area contributed by atoms with E-state index in [4.69, 9.17) is 14.7 Å². The summed E-state index contributed by atoms with van der Waals surface area (Å²) in [6.07, 6.45) is 6.12. The van der Waals surface area contributed by atoms with E-state index in [-0.39, 0.29) is 12.6 Å². The summed E-state index contributed by atoms with van der Waals surface area (Å²) in [5, 5.41) is 14.8. The van der Waals surface area contributed by atoms with Crippen molar-refractivity contribution in [1.82, 2.24) is 29.7 Å². The van der Waals surface area contributed by atoms with Crippen LogP contribution in [-0.2, 0) is 11.2 Å². The number of rotatable bonds is 5. The molecule has 3 aromatic rings. The molecule has 1 aliphatic rings. The summed E-state index contributed by atoms with van der Waals surface area (Å²) in [6, 6.07) is -0.179. The van der Waals surface area contributed by atoms with Crippen molar-refractivity contribution < 1.29 is 9.84 Å². The van der Waals surface area contributed by atoms with Gasteiger partial charge >= 0.3 is 0 Å². The Morgan fingerprint density at radius 1 is 1.15 bits per heavy atom. The molecule has 9 nitrogen and oxygen atoms in total. The molecule has 0 radical (unpaired) electrons. The number of hydrogen-bond donors (Lipinski definition) is 1. The van der Waals surface area contributed by atoms with E-state index in [1.807, 2.05) is 13.8 Å². The summed E-state index contributed by atoms with van der Waals surface area (Å²) in [7, 11) is 0. The molecule has 1 atom stereocenters. The number of morpholine rings is 1. The largest absolute Gasteiger partial charge is 0.394 e. The first kappa shape index (κ1) is 17.7. The molecule has 1 unspecified atom stereocenters. The predicted octanol–water partition coefficient (Wildman–Crippen LogP) is 1.24. The lowest BCUT2D eigenvalue weighted by molar-refractivity contribution is 0.122. The topological polar surface area (TPSA) is 102 Å². The average molecular weight is 369 g/mol. The molecule has 142 valence electrons. The number of aromatic nitrogens is 6. The van der Waals surface area contributed by atoms with E-state index in [1.54, 1.807) is 23.3 Å². The van der Waals surface area contributed by atoms with Gasteiger partial charge in [-0.15, -0.1) is 0 Å². The molecule has 1 fully saturated rings. The lowest BCUT2D eigenvalue weighted by Crippen LogP contribution is -2.37. The Labute approximate surface area is 157 Å². The minimum Gasteiger partial charge on any atom is -0.394 e. The first-order valence-corrected chi connectivity index (χ1v) is 9.21. The highest BCUT2D eigenvalue weighted by molar-refractivity contribution is 5.90. The van der Waals surface area contributed by atoms with Gasteiger partial charge < -0.3 is 14.7 Å². The van der Waals surface area contributed by atoms with Gasteiger partial charge in [-0.3, -0.25) is 0 Å². The molecule has 1 aliphatic heterocycles. The highest BCUT2D eigenvalue weighted by Gasteiger charge is 2.21. The molecule has 9 heteroatoms. The third kappa shape index (κ3) is 3.35. The molecule has 0 saturated carbocycles. The van der Waals surface area contributed by atoms with Gasteiger partial charge in [0, 0.05) is 37.5 Å². The van der Waals surface area contributed by atoms with Gasteiger partial charge in [0.1, 0.15) is 5.82 Å². The molecule has 4 heterocycles. The molecule has 0 amide bonds. The molecule has 0 aliphatic carbocycles. The quantitative estimate of drug-likeness (QED) is 0.717. The van der Waals surface area contributed by atoms with Gasteiger partial charge in [-0.25, -0.2) is 19.6 Å². The average Bonchev–Trinajstić information content (AvgIpc) is 3.17. The summed E-state index contributed by atoms with van der Waals surface area (Å²) in [5.74, 6) is 1.43. The van der Waals surface area contributed by atoms with Gasteiger partial charge in [-0.1, -0.05) is 6.92 Å². The Balaban J connectivity index is 1.88. The minimum atomic E-state index is -0.179. The maximum Gasteiger partial charge on any atom is 0.228 e. The molecule has 3 aromatic heterocycles. The molecular formula is C18H23N7O2. The second-order valence-corrected chi connectivity index (χ2v) is 6.57. The Bertz CT molecular complexity index is 919. The van der Waals surface area contributed by atoms with Gasteiger partial charge in [0.05, 0.1) is 43.1 Å². The van der Waals surface area contributed by atoms with Crippen LogP contribution < -0.4 is 4.90 Å². The van der Waals surface area contributed by atoms with Crippen LogP contribution in [0.25, 0.3) is 22.3 Å². The van der Waals surface area contributed by atoms with Crippen molar-refractivity contribution in [1.29, 1.82) is 0 Å². The van der Waals surface area contributed by atoms with Crippen LogP contribution in [0.4, 0.5) is 5.95 Å². The second-order valence-electron chi connectivity index (χ2n) is 6.57. The summed E-state index contributed by atoms with van der Waals surface area (Å²) < 4.78 is 7.19. The number of aliphatic hydroxyl groups excluding tert-OH is 1. The number of ether oxygens (including phenoxy) is 1.